The van der Waals surface area contributed by atoms with Gasteiger partial charge in [0.1, 0.15) is 5.75 Å². The number of nitrogens with zero attached hydrogens (tertiary/aromatic N) is 1. The van der Waals surface area contributed by atoms with Crippen LogP contribution in [0.1, 0.15) is 24.4 Å². The topological polar surface area (TPSA) is 36.5 Å². The maximum atomic E-state index is 5.33. The molecule has 1 fully saturated rings. The summed E-state index contributed by atoms with van der Waals surface area (Å²) in [5, 5.41) is 7.12. The number of likely N-dealkylation sites (N-methyl/N-ethyl adjacent to an activating group) is 1. The molecule has 0 aliphatic carbocycles. The van der Waals surface area contributed by atoms with E-state index >= 15 is 0 Å². The minimum atomic E-state index is 0.375. The normalized spacial score (nSPS) is 18.2. The number of hydrogen-bond acceptors (Lipinski definition) is 4. The average Bonchev–Trinajstić information content (AvgIpc) is 2.48. The fourth-order valence-electron chi connectivity index (χ4n) is 2.75. The number of piperidine rings is 1. The molecule has 0 spiro atoms. The molecule has 20 heavy (non-hydrogen) atoms. The second-order valence-corrected chi connectivity index (χ2v) is 5.69. The summed E-state index contributed by atoms with van der Waals surface area (Å²) in [7, 11) is 5.99. The molecule has 1 atom stereocenters. The van der Waals surface area contributed by atoms with Gasteiger partial charge in [-0.25, -0.2) is 0 Å². The van der Waals surface area contributed by atoms with Crippen molar-refractivity contribution in [3.05, 3.63) is 29.8 Å². The maximum absolute atomic E-state index is 5.33. The third-order valence-electron chi connectivity index (χ3n) is 4.04. The Balaban J connectivity index is 1.98. The number of benzene rings is 1. The smallest absolute Gasteiger partial charge is 0.119 e. The maximum Gasteiger partial charge on any atom is 0.119 e. The first kappa shape index (κ1) is 15.3. The van der Waals surface area contributed by atoms with Gasteiger partial charge in [0.2, 0.25) is 0 Å². The molecule has 1 aliphatic heterocycles. The third-order valence-corrected chi connectivity index (χ3v) is 4.04. The molecule has 1 aromatic rings. The quantitative estimate of drug-likeness (QED) is 0.829. The third kappa shape index (κ3) is 4.20. The molecule has 2 N–H and O–H groups in total. The Morgan fingerprint density at radius 3 is 2.75 bits per heavy atom. The summed E-state index contributed by atoms with van der Waals surface area (Å²) in [5.41, 5.74) is 1.30. The minimum absolute atomic E-state index is 0.375. The van der Waals surface area contributed by atoms with Gasteiger partial charge in [0.15, 0.2) is 0 Å². The van der Waals surface area contributed by atoms with E-state index in [1.165, 1.54) is 18.4 Å². The Morgan fingerprint density at radius 1 is 1.35 bits per heavy atom. The van der Waals surface area contributed by atoms with Crippen LogP contribution in [0.15, 0.2) is 24.3 Å². The molecule has 0 radical (unpaired) electrons. The van der Waals surface area contributed by atoms with Gasteiger partial charge >= 0.3 is 0 Å². The van der Waals surface area contributed by atoms with Crippen molar-refractivity contribution in [2.45, 2.75) is 24.9 Å². The van der Waals surface area contributed by atoms with Crippen molar-refractivity contribution in [1.82, 2.24) is 15.5 Å². The Labute approximate surface area is 122 Å². The molecular weight excluding hydrogens is 250 g/mol. The van der Waals surface area contributed by atoms with Crippen molar-refractivity contribution in [3.63, 3.8) is 0 Å². The van der Waals surface area contributed by atoms with E-state index in [0.717, 1.165) is 25.4 Å². The first-order valence-corrected chi connectivity index (χ1v) is 7.45. The molecule has 1 saturated heterocycles. The van der Waals surface area contributed by atoms with Crippen LogP contribution < -0.4 is 15.4 Å². The molecule has 4 heteroatoms. The van der Waals surface area contributed by atoms with Crippen molar-refractivity contribution in [2.75, 3.05) is 40.8 Å². The zero-order valence-electron chi connectivity index (χ0n) is 12.9. The fraction of sp³-hybridized carbons (Fsp3) is 0.625. The molecule has 4 nitrogen and oxygen atoms in total. The zero-order valence-corrected chi connectivity index (χ0v) is 12.9. The van der Waals surface area contributed by atoms with E-state index in [1.807, 2.05) is 6.07 Å². The molecular formula is C16H27N3O. The van der Waals surface area contributed by atoms with Gasteiger partial charge < -0.3 is 20.3 Å². The fourth-order valence-corrected chi connectivity index (χ4v) is 2.75. The Bertz CT molecular complexity index is 402. The van der Waals surface area contributed by atoms with Crippen LogP contribution in [0.5, 0.6) is 5.75 Å². The summed E-state index contributed by atoms with van der Waals surface area (Å²) in [6.07, 6.45) is 2.44. The predicted molar refractivity (Wildman–Crippen MR) is 83.3 cm³/mol. The van der Waals surface area contributed by atoms with Gasteiger partial charge in [-0.2, -0.15) is 0 Å². The van der Waals surface area contributed by atoms with E-state index in [2.05, 4.69) is 47.8 Å². The van der Waals surface area contributed by atoms with Crippen molar-refractivity contribution in [1.29, 1.82) is 0 Å². The lowest BCUT2D eigenvalue weighted by Gasteiger charge is -2.30. The standard InChI is InChI=1S/C16H27N3O/c1-19(2)16(12-18-14-7-9-17-10-8-14)13-5-4-6-15(11-13)20-3/h4-6,11,14,16-18H,7-10,12H2,1-3H3. The highest BCUT2D eigenvalue weighted by Crippen LogP contribution is 2.22. The highest BCUT2D eigenvalue weighted by atomic mass is 16.5. The van der Waals surface area contributed by atoms with E-state index in [9.17, 15) is 0 Å². The van der Waals surface area contributed by atoms with Crippen LogP contribution in [-0.4, -0.2) is 51.8 Å². The first-order valence-electron chi connectivity index (χ1n) is 7.45. The van der Waals surface area contributed by atoms with Crippen LogP contribution in [0.25, 0.3) is 0 Å². The van der Waals surface area contributed by atoms with E-state index in [-0.39, 0.29) is 0 Å². The van der Waals surface area contributed by atoms with Crippen LogP contribution in [-0.2, 0) is 0 Å². The molecule has 0 saturated carbocycles. The zero-order chi connectivity index (χ0) is 14.4. The Kier molecular flexibility index (Phi) is 5.83. The summed E-state index contributed by atoms with van der Waals surface area (Å²) in [4.78, 5) is 2.27. The van der Waals surface area contributed by atoms with Crippen LogP contribution in [0, 0.1) is 0 Å². The Hall–Kier alpha value is -1.10. The van der Waals surface area contributed by atoms with Gasteiger partial charge in [-0.05, 0) is 57.7 Å². The number of methoxy groups -OCH3 is 1. The van der Waals surface area contributed by atoms with Gasteiger partial charge in [0, 0.05) is 18.6 Å². The molecule has 1 unspecified atom stereocenters. The van der Waals surface area contributed by atoms with E-state index < -0.39 is 0 Å². The summed E-state index contributed by atoms with van der Waals surface area (Å²) < 4.78 is 5.33. The monoisotopic (exact) mass is 277 g/mol. The number of nitrogens with one attached hydrogen (secondary N) is 2. The van der Waals surface area contributed by atoms with Crippen molar-refractivity contribution < 1.29 is 4.74 Å². The lowest BCUT2D eigenvalue weighted by molar-refractivity contribution is 0.267. The molecule has 1 aliphatic rings. The predicted octanol–water partition coefficient (Wildman–Crippen LogP) is 1.64. The van der Waals surface area contributed by atoms with E-state index in [4.69, 9.17) is 4.74 Å². The molecule has 1 aromatic carbocycles. The van der Waals surface area contributed by atoms with Gasteiger partial charge in [-0.1, -0.05) is 12.1 Å². The lowest BCUT2D eigenvalue weighted by atomic mass is 10.0. The van der Waals surface area contributed by atoms with E-state index in [0.29, 0.717) is 12.1 Å². The van der Waals surface area contributed by atoms with Crippen LogP contribution in [0.4, 0.5) is 0 Å². The van der Waals surface area contributed by atoms with Crippen molar-refractivity contribution in [3.8, 4) is 5.75 Å². The Morgan fingerprint density at radius 2 is 2.10 bits per heavy atom. The summed E-state index contributed by atoms with van der Waals surface area (Å²) in [5.74, 6) is 0.927. The highest BCUT2D eigenvalue weighted by molar-refractivity contribution is 5.30. The second kappa shape index (κ2) is 7.62. The largest absolute Gasteiger partial charge is 0.497 e. The summed E-state index contributed by atoms with van der Waals surface area (Å²) in [6.45, 7) is 3.23. The molecule has 2 rings (SSSR count). The number of ether oxygens (including phenoxy) is 1. The highest BCUT2D eigenvalue weighted by Gasteiger charge is 2.18. The first-order chi connectivity index (χ1) is 9.70. The van der Waals surface area contributed by atoms with Gasteiger partial charge in [0.25, 0.3) is 0 Å². The molecule has 0 amide bonds. The molecule has 0 aromatic heterocycles. The average molecular weight is 277 g/mol. The van der Waals surface area contributed by atoms with Gasteiger partial charge in [-0.3, -0.25) is 0 Å². The number of rotatable bonds is 6. The molecule has 112 valence electrons. The van der Waals surface area contributed by atoms with Crippen LogP contribution >= 0.6 is 0 Å². The van der Waals surface area contributed by atoms with Gasteiger partial charge in [0.05, 0.1) is 7.11 Å². The molecule has 0 bridgehead atoms. The number of hydrogen-bond donors (Lipinski definition) is 2. The SMILES string of the molecule is COc1cccc(C(CNC2CCNCC2)N(C)C)c1. The van der Waals surface area contributed by atoms with Crippen LogP contribution in [0.3, 0.4) is 0 Å². The second-order valence-electron chi connectivity index (χ2n) is 5.69. The lowest BCUT2D eigenvalue weighted by Crippen LogP contribution is -2.43. The molecule has 1 heterocycles. The minimum Gasteiger partial charge on any atom is -0.497 e. The van der Waals surface area contributed by atoms with Crippen molar-refractivity contribution >= 4 is 0 Å². The van der Waals surface area contributed by atoms with Gasteiger partial charge in [-0.15, -0.1) is 0 Å². The summed E-state index contributed by atoms with van der Waals surface area (Å²) >= 11 is 0. The summed E-state index contributed by atoms with van der Waals surface area (Å²) in [6, 6.07) is 9.39. The van der Waals surface area contributed by atoms with E-state index in [1.54, 1.807) is 7.11 Å². The van der Waals surface area contributed by atoms with Crippen LogP contribution in [0.2, 0.25) is 0 Å². The van der Waals surface area contributed by atoms with Crippen molar-refractivity contribution in [2.24, 2.45) is 0 Å².